The molecule has 3 heteroatoms. The zero-order valence-electron chi connectivity index (χ0n) is 13.3. The molecule has 0 spiro atoms. The summed E-state index contributed by atoms with van der Waals surface area (Å²) in [6.45, 7) is 0.266. The van der Waals surface area contributed by atoms with Gasteiger partial charge in [-0.15, -0.1) is 0 Å². The molecule has 2 saturated carbocycles. The molecule has 0 aromatic heterocycles. The number of benzene rings is 1. The van der Waals surface area contributed by atoms with E-state index in [-0.39, 0.29) is 18.1 Å². The number of rotatable bonds is 2. The first-order chi connectivity index (χ1) is 10.7. The highest BCUT2D eigenvalue weighted by Crippen LogP contribution is 2.61. The highest BCUT2D eigenvalue weighted by molar-refractivity contribution is 5.40. The van der Waals surface area contributed by atoms with Crippen LogP contribution in [0.4, 0.5) is 0 Å². The minimum absolute atomic E-state index is 0.00958. The van der Waals surface area contributed by atoms with Gasteiger partial charge in [0.15, 0.2) is 0 Å². The standard InChI is InChI=1S/C19H26O3/c1-22-18-7-6-17-16-4-2-12-10-13(21)3-5-14(12)15(16)8-9-19(17,18)11-20/h3,5,10,15-18,20-21H,2,4,6-9,11H2,1H3/t15-,16-,17+,18+,19-/m1/s1. The van der Waals surface area contributed by atoms with E-state index in [0.717, 1.165) is 25.7 Å². The van der Waals surface area contributed by atoms with E-state index in [1.165, 1.54) is 24.0 Å². The minimum Gasteiger partial charge on any atom is -0.508 e. The average Bonchev–Trinajstić information content (AvgIpc) is 2.93. The van der Waals surface area contributed by atoms with E-state index in [2.05, 4.69) is 6.07 Å². The van der Waals surface area contributed by atoms with Gasteiger partial charge in [0.25, 0.3) is 0 Å². The lowest BCUT2D eigenvalue weighted by atomic mass is 9.55. The third-order valence-electron chi connectivity index (χ3n) is 6.93. The van der Waals surface area contributed by atoms with Crippen LogP contribution in [0.1, 0.15) is 49.1 Å². The highest BCUT2D eigenvalue weighted by atomic mass is 16.5. The molecular formula is C19H26O3. The molecule has 0 bridgehead atoms. The number of phenols is 1. The third-order valence-corrected chi connectivity index (χ3v) is 6.93. The maximum atomic E-state index is 10.2. The molecule has 0 unspecified atom stereocenters. The minimum atomic E-state index is -0.00958. The fourth-order valence-electron chi connectivity index (χ4n) is 5.98. The number of methoxy groups -OCH3 is 1. The zero-order chi connectivity index (χ0) is 15.3. The van der Waals surface area contributed by atoms with Crippen molar-refractivity contribution < 1.29 is 14.9 Å². The van der Waals surface area contributed by atoms with Crippen LogP contribution in [0.5, 0.6) is 5.75 Å². The molecule has 2 N–H and O–H groups in total. The number of aromatic hydroxyl groups is 1. The molecule has 1 aromatic carbocycles. The molecule has 22 heavy (non-hydrogen) atoms. The van der Waals surface area contributed by atoms with E-state index in [0.29, 0.717) is 23.5 Å². The number of aliphatic hydroxyl groups excluding tert-OH is 1. The quantitative estimate of drug-likeness (QED) is 0.882. The lowest BCUT2D eigenvalue weighted by molar-refractivity contribution is -0.0864. The van der Waals surface area contributed by atoms with Gasteiger partial charge in [0.05, 0.1) is 12.7 Å². The van der Waals surface area contributed by atoms with E-state index in [4.69, 9.17) is 4.74 Å². The van der Waals surface area contributed by atoms with Crippen molar-refractivity contribution in [3.05, 3.63) is 29.3 Å². The third kappa shape index (κ3) is 1.88. The molecule has 0 saturated heterocycles. The van der Waals surface area contributed by atoms with Gasteiger partial charge >= 0.3 is 0 Å². The summed E-state index contributed by atoms with van der Waals surface area (Å²) in [6.07, 6.45) is 6.95. The van der Waals surface area contributed by atoms with E-state index in [1.807, 2.05) is 12.1 Å². The molecule has 120 valence electrons. The van der Waals surface area contributed by atoms with Crippen molar-refractivity contribution in [3.63, 3.8) is 0 Å². The molecule has 2 fully saturated rings. The Hall–Kier alpha value is -1.06. The summed E-state index contributed by atoms with van der Waals surface area (Å²) >= 11 is 0. The van der Waals surface area contributed by atoms with Gasteiger partial charge in [0.1, 0.15) is 5.75 Å². The van der Waals surface area contributed by atoms with Crippen LogP contribution in [0.3, 0.4) is 0 Å². The van der Waals surface area contributed by atoms with Gasteiger partial charge in [-0.25, -0.2) is 0 Å². The fourth-order valence-corrected chi connectivity index (χ4v) is 5.98. The molecule has 0 amide bonds. The Morgan fingerprint density at radius 1 is 1.23 bits per heavy atom. The molecule has 3 aliphatic rings. The Labute approximate surface area is 132 Å². The number of fused-ring (bicyclic) bond motifs is 5. The van der Waals surface area contributed by atoms with Crippen LogP contribution in [0.25, 0.3) is 0 Å². The van der Waals surface area contributed by atoms with Crippen LogP contribution in [0.2, 0.25) is 0 Å². The van der Waals surface area contributed by atoms with Gasteiger partial charge in [-0.2, -0.15) is 0 Å². The van der Waals surface area contributed by atoms with Gasteiger partial charge in [0, 0.05) is 12.5 Å². The average molecular weight is 302 g/mol. The monoisotopic (exact) mass is 302 g/mol. The summed E-state index contributed by atoms with van der Waals surface area (Å²) in [5.41, 5.74) is 2.77. The summed E-state index contributed by atoms with van der Waals surface area (Å²) in [5, 5.41) is 19.9. The van der Waals surface area contributed by atoms with Gasteiger partial charge in [0.2, 0.25) is 0 Å². The fraction of sp³-hybridized carbons (Fsp3) is 0.684. The predicted octanol–water partition coefficient (Wildman–Crippen LogP) is 3.24. The molecule has 3 aliphatic carbocycles. The second-order valence-electron chi connectivity index (χ2n) is 7.53. The Bertz CT molecular complexity index is 570. The summed E-state index contributed by atoms with van der Waals surface area (Å²) in [6, 6.07) is 5.92. The van der Waals surface area contributed by atoms with Gasteiger partial charge in [-0.3, -0.25) is 0 Å². The molecule has 0 heterocycles. The van der Waals surface area contributed by atoms with Crippen molar-refractivity contribution in [2.75, 3.05) is 13.7 Å². The second kappa shape index (κ2) is 5.24. The Morgan fingerprint density at radius 2 is 2.09 bits per heavy atom. The van der Waals surface area contributed by atoms with Crippen LogP contribution in [0, 0.1) is 17.3 Å². The van der Waals surface area contributed by atoms with Crippen molar-refractivity contribution in [1.29, 1.82) is 0 Å². The van der Waals surface area contributed by atoms with Crippen molar-refractivity contribution in [3.8, 4) is 5.75 Å². The SMILES string of the molecule is CO[C@H]1CC[C@H]2[C@@H]3CCc4cc(O)ccc4[C@H]3CC[C@]12CO. The number of aliphatic hydroxyl groups is 1. The van der Waals surface area contributed by atoms with Gasteiger partial charge < -0.3 is 14.9 Å². The molecule has 3 nitrogen and oxygen atoms in total. The van der Waals surface area contributed by atoms with E-state index in [1.54, 1.807) is 7.11 Å². The predicted molar refractivity (Wildman–Crippen MR) is 84.9 cm³/mol. The van der Waals surface area contributed by atoms with Crippen molar-refractivity contribution >= 4 is 0 Å². The van der Waals surface area contributed by atoms with Crippen LogP contribution < -0.4 is 0 Å². The van der Waals surface area contributed by atoms with Crippen molar-refractivity contribution in [2.45, 2.75) is 50.5 Å². The summed E-state index contributed by atoms with van der Waals surface area (Å²) in [4.78, 5) is 0. The van der Waals surface area contributed by atoms with Crippen molar-refractivity contribution in [2.24, 2.45) is 17.3 Å². The highest BCUT2D eigenvalue weighted by Gasteiger charge is 2.57. The summed E-state index contributed by atoms with van der Waals surface area (Å²) in [7, 11) is 1.80. The molecule has 5 atom stereocenters. The largest absolute Gasteiger partial charge is 0.508 e. The number of aryl methyl sites for hydroxylation is 1. The number of ether oxygens (including phenoxy) is 1. The number of hydrogen-bond acceptors (Lipinski definition) is 3. The first kappa shape index (κ1) is 14.5. The van der Waals surface area contributed by atoms with Crippen molar-refractivity contribution in [1.82, 2.24) is 0 Å². The van der Waals surface area contributed by atoms with E-state index < -0.39 is 0 Å². The molecule has 0 aliphatic heterocycles. The first-order valence-electron chi connectivity index (χ1n) is 8.65. The van der Waals surface area contributed by atoms with Crippen LogP contribution in [-0.2, 0) is 11.2 Å². The first-order valence-corrected chi connectivity index (χ1v) is 8.65. The molecular weight excluding hydrogens is 276 g/mol. The molecule has 0 radical (unpaired) electrons. The Kier molecular flexibility index (Phi) is 3.46. The second-order valence-corrected chi connectivity index (χ2v) is 7.53. The lowest BCUT2D eigenvalue weighted by Gasteiger charge is -2.51. The normalized spacial score (nSPS) is 39.9. The van der Waals surface area contributed by atoms with Crippen LogP contribution in [-0.4, -0.2) is 30.0 Å². The Balaban J connectivity index is 1.69. The maximum absolute atomic E-state index is 10.2. The maximum Gasteiger partial charge on any atom is 0.115 e. The number of hydrogen-bond donors (Lipinski definition) is 2. The topological polar surface area (TPSA) is 49.7 Å². The zero-order valence-corrected chi connectivity index (χ0v) is 13.3. The summed E-state index contributed by atoms with van der Waals surface area (Å²) in [5.74, 6) is 2.24. The lowest BCUT2D eigenvalue weighted by Crippen LogP contribution is -2.48. The molecule has 4 rings (SSSR count). The summed E-state index contributed by atoms with van der Waals surface area (Å²) < 4.78 is 5.75. The van der Waals surface area contributed by atoms with Gasteiger partial charge in [-0.1, -0.05) is 6.07 Å². The van der Waals surface area contributed by atoms with Gasteiger partial charge in [-0.05, 0) is 79.5 Å². The molecule has 1 aromatic rings. The Morgan fingerprint density at radius 3 is 2.86 bits per heavy atom. The van der Waals surface area contributed by atoms with Crippen LogP contribution >= 0.6 is 0 Å². The van der Waals surface area contributed by atoms with E-state index in [9.17, 15) is 10.2 Å². The van der Waals surface area contributed by atoms with E-state index >= 15 is 0 Å². The van der Waals surface area contributed by atoms with Crippen LogP contribution in [0.15, 0.2) is 18.2 Å². The number of phenolic OH excluding ortho intramolecular Hbond substituents is 1. The smallest absolute Gasteiger partial charge is 0.115 e.